The molecule has 0 bridgehead atoms. The van der Waals surface area contributed by atoms with E-state index in [2.05, 4.69) is 5.32 Å². The van der Waals surface area contributed by atoms with Crippen molar-refractivity contribution in [1.29, 1.82) is 0 Å². The highest BCUT2D eigenvalue weighted by atomic mass is 16.6. The van der Waals surface area contributed by atoms with Crippen LogP contribution < -0.4 is 10.1 Å². The van der Waals surface area contributed by atoms with Crippen LogP contribution >= 0.6 is 0 Å². The molecule has 0 saturated heterocycles. The molecule has 20 heavy (non-hydrogen) atoms. The average molecular weight is 279 g/mol. The minimum Gasteiger partial charge on any atom is -0.497 e. The van der Waals surface area contributed by atoms with Gasteiger partial charge in [-0.25, -0.2) is 4.79 Å². The maximum absolute atomic E-state index is 11.8. The molecule has 5 heteroatoms. The van der Waals surface area contributed by atoms with Crippen LogP contribution in [0.1, 0.15) is 32.8 Å². The number of amides is 1. The average Bonchev–Trinajstić information content (AvgIpc) is 2.34. The topological polar surface area (TPSA) is 64.6 Å². The summed E-state index contributed by atoms with van der Waals surface area (Å²) in [7, 11) is 1.55. The Labute approximate surface area is 119 Å². The van der Waals surface area contributed by atoms with E-state index < -0.39 is 11.7 Å². The quantitative estimate of drug-likeness (QED) is 0.841. The normalized spacial score (nSPS) is 10.8. The number of nitrogens with one attached hydrogen (secondary N) is 1. The van der Waals surface area contributed by atoms with Crippen molar-refractivity contribution < 1.29 is 19.1 Å². The maximum Gasteiger partial charge on any atom is 0.412 e. The number of carbonyl (C=O) groups excluding carboxylic acids is 2. The van der Waals surface area contributed by atoms with Crippen LogP contribution in [0.15, 0.2) is 18.2 Å². The summed E-state index contributed by atoms with van der Waals surface area (Å²) in [6.07, 6.45) is 1.27. The summed E-state index contributed by atoms with van der Waals surface area (Å²) in [6.45, 7) is 5.39. The zero-order valence-corrected chi connectivity index (χ0v) is 12.4. The summed E-state index contributed by atoms with van der Waals surface area (Å²) < 4.78 is 10.3. The molecule has 0 unspecified atom stereocenters. The van der Waals surface area contributed by atoms with Gasteiger partial charge in [-0.3, -0.25) is 5.32 Å². The molecule has 0 atom stereocenters. The fourth-order valence-corrected chi connectivity index (χ4v) is 1.64. The molecular weight excluding hydrogens is 258 g/mol. The monoisotopic (exact) mass is 279 g/mol. The van der Waals surface area contributed by atoms with Gasteiger partial charge >= 0.3 is 6.09 Å². The molecule has 0 aliphatic heterocycles. The lowest BCUT2D eigenvalue weighted by atomic mass is 10.1. The molecule has 1 rings (SSSR count). The lowest BCUT2D eigenvalue weighted by Gasteiger charge is -2.20. The molecule has 0 aromatic heterocycles. The molecule has 1 N–H and O–H groups in total. The highest BCUT2D eigenvalue weighted by Gasteiger charge is 2.17. The Kier molecular flexibility index (Phi) is 5.55. The molecule has 110 valence electrons. The van der Waals surface area contributed by atoms with Crippen molar-refractivity contribution in [2.45, 2.75) is 39.2 Å². The maximum atomic E-state index is 11.8. The number of aldehydes is 1. The molecule has 0 spiro atoms. The van der Waals surface area contributed by atoms with Gasteiger partial charge in [0.15, 0.2) is 0 Å². The van der Waals surface area contributed by atoms with E-state index in [0.717, 1.165) is 11.8 Å². The van der Waals surface area contributed by atoms with Crippen LogP contribution in [0.2, 0.25) is 0 Å². The van der Waals surface area contributed by atoms with Crippen molar-refractivity contribution in [3.8, 4) is 5.75 Å². The van der Waals surface area contributed by atoms with Gasteiger partial charge in [-0.2, -0.15) is 0 Å². The number of benzene rings is 1. The molecule has 0 saturated carbocycles. The first kappa shape index (κ1) is 16.0. The Hall–Kier alpha value is -2.04. The van der Waals surface area contributed by atoms with E-state index in [1.54, 1.807) is 40.0 Å². The number of hydrogen-bond acceptors (Lipinski definition) is 4. The third kappa shape index (κ3) is 5.30. The molecular formula is C15H21NO4. The predicted molar refractivity (Wildman–Crippen MR) is 77.2 cm³/mol. The first-order valence-electron chi connectivity index (χ1n) is 6.46. The third-order valence-electron chi connectivity index (χ3n) is 2.48. The number of methoxy groups -OCH3 is 1. The number of carbonyl (C=O) groups is 2. The van der Waals surface area contributed by atoms with Gasteiger partial charge in [-0.15, -0.1) is 0 Å². The summed E-state index contributed by atoms with van der Waals surface area (Å²) in [6, 6.07) is 5.33. The SMILES string of the molecule is COc1ccc(CCC=O)c(NC(=O)OC(C)(C)C)c1. The number of ether oxygens (including phenoxy) is 2. The Balaban J connectivity index is 2.89. The Morgan fingerprint density at radius 3 is 2.60 bits per heavy atom. The van der Waals surface area contributed by atoms with Crippen molar-refractivity contribution in [1.82, 2.24) is 0 Å². The van der Waals surface area contributed by atoms with Gasteiger partial charge in [-0.1, -0.05) is 6.07 Å². The van der Waals surface area contributed by atoms with Crippen LogP contribution in [0, 0.1) is 0 Å². The second kappa shape index (κ2) is 6.93. The van der Waals surface area contributed by atoms with E-state index in [9.17, 15) is 9.59 Å². The lowest BCUT2D eigenvalue weighted by Crippen LogP contribution is -2.27. The fourth-order valence-electron chi connectivity index (χ4n) is 1.64. The van der Waals surface area contributed by atoms with E-state index in [4.69, 9.17) is 9.47 Å². The standard InChI is InChI=1S/C15H21NO4/c1-15(2,3)20-14(18)16-13-10-12(19-4)8-7-11(13)6-5-9-17/h7-10H,5-6H2,1-4H3,(H,16,18). The van der Waals surface area contributed by atoms with Crippen LogP contribution in [0.25, 0.3) is 0 Å². The van der Waals surface area contributed by atoms with E-state index in [1.807, 2.05) is 6.07 Å². The molecule has 0 heterocycles. The molecule has 0 aliphatic rings. The molecule has 1 amide bonds. The smallest absolute Gasteiger partial charge is 0.412 e. The van der Waals surface area contributed by atoms with Crippen LogP contribution in [0.4, 0.5) is 10.5 Å². The van der Waals surface area contributed by atoms with Gasteiger partial charge < -0.3 is 14.3 Å². The van der Waals surface area contributed by atoms with E-state index in [1.165, 1.54) is 0 Å². The van der Waals surface area contributed by atoms with E-state index in [0.29, 0.717) is 24.3 Å². The number of rotatable bonds is 5. The Morgan fingerprint density at radius 2 is 2.05 bits per heavy atom. The van der Waals surface area contributed by atoms with Crippen LogP contribution in [0.3, 0.4) is 0 Å². The number of anilines is 1. The zero-order chi connectivity index (χ0) is 15.2. The first-order chi connectivity index (χ1) is 9.35. The summed E-state index contributed by atoms with van der Waals surface area (Å²) in [5.41, 5.74) is 0.899. The molecule has 0 fully saturated rings. The summed E-state index contributed by atoms with van der Waals surface area (Å²) in [5.74, 6) is 0.630. The molecule has 5 nitrogen and oxygen atoms in total. The fraction of sp³-hybridized carbons (Fsp3) is 0.467. The van der Waals surface area contributed by atoms with Crippen LogP contribution in [0.5, 0.6) is 5.75 Å². The van der Waals surface area contributed by atoms with Crippen LogP contribution in [-0.4, -0.2) is 25.1 Å². The molecule has 0 radical (unpaired) electrons. The minimum absolute atomic E-state index is 0.398. The van der Waals surface area contributed by atoms with Crippen molar-refractivity contribution in [2.24, 2.45) is 0 Å². The van der Waals surface area contributed by atoms with Gasteiger partial charge in [-0.05, 0) is 38.8 Å². The molecule has 1 aromatic rings. The summed E-state index contributed by atoms with van der Waals surface area (Å²) >= 11 is 0. The van der Waals surface area contributed by atoms with Gasteiger partial charge in [0.2, 0.25) is 0 Å². The van der Waals surface area contributed by atoms with Crippen molar-refractivity contribution in [3.05, 3.63) is 23.8 Å². The second-order valence-electron chi connectivity index (χ2n) is 5.36. The highest BCUT2D eigenvalue weighted by molar-refractivity contribution is 5.86. The van der Waals surface area contributed by atoms with Gasteiger partial charge in [0.25, 0.3) is 0 Å². The molecule has 0 aliphatic carbocycles. The van der Waals surface area contributed by atoms with Crippen LogP contribution in [-0.2, 0) is 16.0 Å². The summed E-state index contributed by atoms with van der Waals surface area (Å²) in [4.78, 5) is 22.3. The van der Waals surface area contributed by atoms with Gasteiger partial charge in [0.1, 0.15) is 17.6 Å². The van der Waals surface area contributed by atoms with Crippen molar-refractivity contribution in [2.75, 3.05) is 12.4 Å². The van der Waals surface area contributed by atoms with Crippen molar-refractivity contribution in [3.63, 3.8) is 0 Å². The zero-order valence-electron chi connectivity index (χ0n) is 12.4. The second-order valence-corrected chi connectivity index (χ2v) is 5.36. The molecule has 1 aromatic carbocycles. The lowest BCUT2D eigenvalue weighted by molar-refractivity contribution is -0.107. The van der Waals surface area contributed by atoms with Crippen molar-refractivity contribution >= 4 is 18.1 Å². The predicted octanol–water partition coefficient (Wildman–Crippen LogP) is 3.17. The third-order valence-corrected chi connectivity index (χ3v) is 2.48. The first-order valence-corrected chi connectivity index (χ1v) is 6.46. The van der Waals surface area contributed by atoms with E-state index in [-0.39, 0.29) is 0 Å². The number of hydrogen-bond donors (Lipinski definition) is 1. The van der Waals surface area contributed by atoms with Gasteiger partial charge in [0.05, 0.1) is 12.8 Å². The minimum atomic E-state index is -0.564. The largest absolute Gasteiger partial charge is 0.497 e. The van der Waals surface area contributed by atoms with Gasteiger partial charge in [0, 0.05) is 12.5 Å². The Bertz CT molecular complexity index is 477. The number of aryl methyl sites for hydroxylation is 1. The summed E-state index contributed by atoms with van der Waals surface area (Å²) in [5, 5.41) is 2.69. The highest BCUT2D eigenvalue weighted by Crippen LogP contribution is 2.24. The Morgan fingerprint density at radius 1 is 1.35 bits per heavy atom. The van der Waals surface area contributed by atoms with E-state index >= 15 is 0 Å².